The van der Waals surface area contributed by atoms with Gasteiger partial charge in [0.2, 0.25) is 0 Å². The predicted molar refractivity (Wildman–Crippen MR) is 97.0 cm³/mol. The van der Waals surface area contributed by atoms with Crippen LogP contribution < -0.4 is 10.1 Å². The van der Waals surface area contributed by atoms with Gasteiger partial charge < -0.3 is 10.1 Å². The van der Waals surface area contributed by atoms with Crippen LogP contribution in [0.25, 0.3) is 11.1 Å². The third-order valence-corrected chi connectivity index (χ3v) is 4.57. The molecule has 3 rings (SSSR count). The van der Waals surface area contributed by atoms with E-state index in [9.17, 15) is 0 Å². The molecule has 0 aliphatic carbocycles. The van der Waals surface area contributed by atoms with Crippen molar-refractivity contribution in [1.29, 1.82) is 0 Å². The number of hydrogen-bond donors (Lipinski definition) is 1. The lowest BCUT2D eigenvalue weighted by molar-refractivity contribution is 0.239. The molecule has 0 unspecified atom stereocenters. The Morgan fingerprint density at radius 2 is 1.87 bits per heavy atom. The molecule has 2 aromatic carbocycles. The molecule has 2 nitrogen and oxygen atoms in total. The van der Waals surface area contributed by atoms with Crippen LogP contribution >= 0.6 is 0 Å². The third-order valence-electron chi connectivity index (χ3n) is 4.57. The number of rotatable bonds is 7. The van der Waals surface area contributed by atoms with Crippen LogP contribution in [-0.4, -0.2) is 19.2 Å². The fraction of sp³-hybridized carbons (Fsp3) is 0.429. The maximum atomic E-state index is 6.01. The van der Waals surface area contributed by atoms with Crippen molar-refractivity contribution in [2.75, 3.05) is 13.2 Å². The van der Waals surface area contributed by atoms with Crippen LogP contribution in [0.2, 0.25) is 0 Å². The Bertz CT molecular complexity index is 608. The van der Waals surface area contributed by atoms with E-state index in [1.165, 1.54) is 42.4 Å². The van der Waals surface area contributed by atoms with E-state index in [0.29, 0.717) is 6.04 Å². The first-order chi connectivity index (χ1) is 11.4. The van der Waals surface area contributed by atoms with Crippen LogP contribution in [0.4, 0.5) is 0 Å². The molecule has 1 aliphatic heterocycles. The lowest BCUT2D eigenvalue weighted by atomic mass is 9.93. The van der Waals surface area contributed by atoms with E-state index < -0.39 is 0 Å². The SMILES string of the molecule is CCCCCCN[C@H]1COc2cccc(-c3ccccc3)c2C1. The Morgan fingerprint density at radius 3 is 2.70 bits per heavy atom. The second-order valence-corrected chi connectivity index (χ2v) is 6.38. The van der Waals surface area contributed by atoms with E-state index in [4.69, 9.17) is 4.74 Å². The molecule has 1 N–H and O–H groups in total. The summed E-state index contributed by atoms with van der Waals surface area (Å²) < 4.78 is 6.01. The zero-order chi connectivity index (χ0) is 15.9. The molecule has 1 atom stereocenters. The lowest BCUT2D eigenvalue weighted by Gasteiger charge is -2.28. The maximum Gasteiger partial charge on any atom is 0.123 e. The minimum atomic E-state index is 0.425. The highest BCUT2D eigenvalue weighted by Crippen LogP contribution is 2.34. The molecule has 122 valence electrons. The Hall–Kier alpha value is -1.80. The van der Waals surface area contributed by atoms with Crippen LogP contribution in [0.1, 0.15) is 38.2 Å². The highest BCUT2D eigenvalue weighted by Gasteiger charge is 2.22. The number of nitrogens with one attached hydrogen (secondary N) is 1. The summed E-state index contributed by atoms with van der Waals surface area (Å²) in [5, 5.41) is 3.68. The largest absolute Gasteiger partial charge is 0.492 e. The summed E-state index contributed by atoms with van der Waals surface area (Å²) in [6.07, 6.45) is 6.26. The zero-order valence-corrected chi connectivity index (χ0v) is 14.1. The summed E-state index contributed by atoms with van der Waals surface area (Å²) in [5.74, 6) is 1.05. The van der Waals surface area contributed by atoms with Crippen molar-refractivity contribution in [3.05, 3.63) is 54.1 Å². The topological polar surface area (TPSA) is 21.3 Å². The zero-order valence-electron chi connectivity index (χ0n) is 14.1. The standard InChI is InChI=1S/C21H27NO/c1-2-3-4-8-14-22-18-15-20-19(17-10-6-5-7-11-17)12-9-13-21(20)23-16-18/h5-7,9-13,18,22H,2-4,8,14-16H2,1H3/t18-/m1/s1. The van der Waals surface area contributed by atoms with E-state index in [0.717, 1.165) is 25.3 Å². The molecular weight excluding hydrogens is 282 g/mol. The van der Waals surface area contributed by atoms with Gasteiger partial charge in [0.25, 0.3) is 0 Å². The van der Waals surface area contributed by atoms with Gasteiger partial charge in [-0.15, -0.1) is 0 Å². The smallest absolute Gasteiger partial charge is 0.123 e. The summed E-state index contributed by atoms with van der Waals surface area (Å²) in [4.78, 5) is 0. The van der Waals surface area contributed by atoms with Crippen LogP contribution in [0.3, 0.4) is 0 Å². The summed E-state index contributed by atoms with van der Waals surface area (Å²) in [5.41, 5.74) is 3.92. The average Bonchev–Trinajstić information content (AvgIpc) is 2.62. The first kappa shape index (κ1) is 16.1. The summed E-state index contributed by atoms with van der Waals surface area (Å²) in [6, 6.07) is 17.4. The van der Waals surface area contributed by atoms with Crippen molar-refractivity contribution in [2.24, 2.45) is 0 Å². The van der Waals surface area contributed by atoms with Crippen molar-refractivity contribution < 1.29 is 4.74 Å². The van der Waals surface area contributed by atoms with E-state index in [1.54, 1.807) is 0 Å². The number of ether oxygens (including phenoxy) is 1. The van der Waals surface area contributed by atoms with Crippen LogP contribution in [-0.2, 0) is 6.42 Å². The Labute approximate surface area is 139 Å². The van der Waals surface area contributed by atoms with Gasteiger partial charge in [-0.25, -0.2) is 0 Å². The fourth-order valence-corrected chi connectivity index (χ4v) is 3.28. The molecule has 1 heterocycles. The second kappa shape index (κ2) is 8.16. The monoisotopic (exact) mass is 309 g/mol. The van der Waals surface area contributed by atoms with Crippen LogP contribution in [0.15, 0.2) is 48.5 Å². The molecule has 2 heteroatoms. The van der Waals surface area contributed by atoms with Gasteiger partial charge in [0.05, 0.1) is 0 Å². The Morgan fingerprint density at radius 1 is 1.00 bits per heavy atom. The van der Waals surface area contributed by atoms with Gasteiger partial charge in [0.15, 0.2) is 0 Å². The van der Waals surface area contributed by atoms with E-state index >= 15 is 0 Å². The summed E-state index contributed by atoms with van der Waals surface area (Å²) in [6.45, 7) is 4.13. The molecule has 0 aromatic heterocycles. The van der Waals surface area contributed by atoms with E-state index in [-0.39, 0.29) is 0 Å². The molecule has 0 radical (unpaired) electrons. The number of hydrogen-bond acceptors (Lipinski definition) is 2. The normalized spacial score (nSPS) is 16.7. The van der Waals surface area contributed by atoms with Gasteiger partial charge in [0, 0.05) is 11.6 Å². The highest BCUT2D eigenvalue weighted by atomic mass is 16.5. The predicted octanol–water partition coefficient (Wildman–Crippen LogP) is 4.83. The first-order valence-corrected chi connectivity index (χ1v) is 8.92. The first-order valence-electron chi connectivity index (χ1n) is 8.92. The van der Waals surface area contributed by atoms with Gasteiger partial charge in [0.1, 0.15) is 12.4 Å². The molecule has 0 fully saturated rings. The van der Waals surface area contributed by atoms with Crippen molar-refractivity contribution in [1.82, 2.24) is 5.32 Å². The third kappa shape index (κ3) is 4.14. The van der Waals surface area contributed by atoms with E-state index in [1.807, 2.05) is 0 Å². The van der Waals surface area contributed by atoms with Crippen LogP contribution in [0, 0.1) is 0 Å². The molecule has 0 saturated carbocycles. The van der Waals surface area contributed by atoms with Gasteiger partial charge in [-0.2, -0.15) is 0 Å². The minimum Gasteiger partial charge on any atom is -0.492 e. The molecule has 0 saturated heterocycles. The quantitative estimate of drug-likeness (QED) is 0.740. The van der Waals surface area contributed by atoms with E-state index in [2.05, 4.69) is 60.8 Å². The van der Waals surface area contributed by atoms with Gasteiger partial charge in [-0.1, -0.05) is 68.7 Å². The molecular formula is C21H27NO. The minimum absolute atomic E-state index is 0.425. The molecule has 0 spiro atoms. The van der Waals surface area contributed by atoms with Crippen molar-refractivity contribution in [3.8, 4) is 16.9 Å². The summed E-state index contributed by atoms with van der Waals surface area (Å²) in [7, 11) is 0. The van der Waals surface area contributed by atoms with Crippen molar-refractivity contribution in [2.45, 2.75) is 45.1 Å². The molecule has 2 aromatic rings. The molecule has 0 amide bonds. The second-order valence-electron chi connectivity index (χ2n) is 6.38. The highest BCUT2D eigenvalue weighted by molar-refractivity contribution is 5.70. The Balaban J connectivity index is 1.67. The van der Waals surface area contributed by atoms with Gasteiger partial charge >= 0.3 is 0 Å². The number of benzene rings is 2. The molecule has 1 aliphatic rings. The van der Waals surface area contributed by atoms with Crippen molar-refractivity contribution >= 4 is 0 Å². The summed E-state index contributed by atoms with van der Waals surface area (Å²) >= 11 is 0. The van der Waals surface area contributed by atoms with Crippen LogP contribution in [0.5, 0.6) is 5.75 Å². The maximum absolute atomic E-state index is 6.01. The number of fused-ring (bicyclic) bond motifs is 1. The number of unbranched alkanes of at least 4 members (excludes halogenated alkanes) is 3. The fourth-order valence-electron chi connectivity index (χ4n) is 3.28. The van der Waals surface area contributed by atoms with Gasteiger partial charge in [-0.3, -0.25) is 0 Å². The lowest BCUT2D eigenvalue weighted by Crippen LogP contribution is -2.39. The average molecular weight is 309 g/mol. The van der Waals surface area contributed by atoms with Gasteiger partial charge in [-0.05, 0) is 36.6 Å². The Kier molecular flexibility index (Phi) is 5.71. The molecule has 0 bridgehead atoms. The van der Waals surface area contributed by atoms with Crippen molar-refractivity contribution in [3.63, 3.8) is 0 Å². The molecule has 23 heavy (non-hydrogen) atoms.